The zero-order valence-corrected chi connectivity index (χ0v) is 10.0. The fraction of sp³-hybridized carbons (Fsp3) is 0.500. The summed E-state index contributed by atoms with van der Waals surface area (Å²) in [6.45, 7) is 5.08. The van der Waals surface area contributed by atoms with E-state index in [0.29, 0.717) is 11.3 Å². The highest BCUT2D eigenvalue weighted by Gasteiger charge is 2.30. The zero-order chi connectivity index (χ0) is 13.3. The van der Waals surface area contributed by atoms with E-state index in [1.165, 1.54) is 6.07 Å². The highest BCUT2D eigenvalue weighted by atomic mass is 19.4. The third kappa shape index (κ3) is 4.26. The molecule has 2 nitrogen and oxygen atoms in total. The summed E-state index contributed by atoms with van der Waals surface area (Å²) in [5.74, 6) is 0. The Balaban J connectivity index is 2.92. The Labute approximate surface area is 98.5 Å². The van der Waals surface area contributed by atoms with E-state index < -0.39 is 17.3 Å². The van der Waals surface area contributed by atoms with E-state index in [1.807, 2.05) is 0 Å². The predicted octanol–water partition coefficient (Wildman–Crippen LogP) is 3.20. The van der Waals surface area contributed by atoms with Crippen molar-refractivity contribution in [1.82, 2.24) is 0 Å². The van der Waals surface area contributed by atoms with E-state index in [9.17, 15) is 18.3 Å². The molecule has 0 aliphatic rings. The maximum atomic E-state index is 12.5. The van der Waals surface area contributed by atoms with Gasteiger partial charge in [-0.25, -0.2) is 0 Å². The third-order valence-corrected chi connectivity index (χ3v) is 2.28. The van der Waals surface area contributed by atoms with Crippen LogP contribution in [0, 0.1) is 6.92 Å². The summed E-state index contributed by atoms with van der Waals surface area (Å²) in [4.78, 5) is 0. The molecule has 2 N–H and O–H groups in total. The van der Waals surface area contributed by atoms with Crippen LogP contribution in [-0.2, 0) is 6.18 Å². The summed E-state index contributed by atoms with van der Waals surface area (Å²) in [5.41, 5.74) is -0.564. The summed E-state index contributed by atoms with van der Waals surface area (Å²) in [6, 6.07) is 3.52. The molecule has 5 heteroatoms. The van der Waals surface area contributed by atoms with Crippen LogP contribution in [0.4, 0.5) is 18.9 Å². The molecule has 0 spiro atoms. The van der Waals surface area contributed by atoms with E-state index in [4.69, 9.17) is 0 Å². The Hall–Kier alpha value is -1.23. The van der Waals surface area contributed by atoms with Gasteiger partial charge in [0.2, 0.25) is 0 Å². The topological polar surface area (TPSA) is 32.3 Å². The summed E-state index contributed by atoms with van der Waals surface area (Å²) in [7, 11) is 0. The van der Waals surface area contributed by atoms with Crippen LogP contribution in [0.25, 0.3) is 0 Å². The number of aryl methyl sites for hydroxylation is 1. The number of anilines is 1. The van der Waals surface area contributed by atoms with Gasteiger partial charge in [0.25, 0.3) is 0 Å². The van der Waals surface area contributed by atoms with Gasteiger partial charge in [-0.3, -0.25) is 0 Å². The lowest BCUT2D eigenvalue weighted by molar-refractivity contribution is -0.137. The van der Waals surface area contributed by atoms with E-state index in [-0.39, 0.29) is 6.54 Å². The van der Waals surface area contributed by atoms with Gasteiger partial charge >= 0.3 is 6.18 Å². The average molecular weight is 247 g/mol. The first-order valence-electron chi connectivity index (χ1n) is 5.24. The molecule has 96 valence electrons. The highest BCUT2D eigenvalue weighted by molar-refractivity contribution is 5.53. The zero-order valence-electron chi connectivity index (χ0n) is 10.0. The van der Waals surface area contributed by atoms with Crippen LogP contribution in [0.2, 0.25) is 0 Å². The number of halogens is 3. The number of rotatable bonds is 3. The molecule has 17 heavy (non-hydrogen) atoms. The third-order valence-electron chi connectivity index (χ3n) is 2.28. The lowest BCUT2D eigenvalue weighted by Crippen LogP contribution is -2.29. The van der Waals surface area contributed by atoms with Gasteiger partial charge in [-0.2, -0.15) is 13.2 Å². The molecule has 0 aliphatic heterocycles. The van der Waals surface area contributed by atoms with E-state index >= 15 is 0 Å². The van der Waals surface area contributed by atoms with Gasteiger partial charge in [-0.15, -0.1) is 0 Å². The molecule has 0 bridgehead atoms. The summed E-state index contributed by atoms with van der Waals surface area (Å²) >= 11 is 0. The van der Waals surface area contributed by atoms with E-state index in [2.05, 4.69) is 5.32 Å². The number of benzene rings is 1. The van der Waals surface area contributed by atoms with Crippen molar-refractivity contribution in [3.63, 3.8) is 0 Å². The van der Waals surface area contributed by atoms with Crippen molar-refractivity contribution in [2.24, 2.45) is 0 Å². The standard InChI is InChI=1S/C12H16F3NO/c1-8-4-5-9(12(13,14)15)6-10(8)16-7-11(2,3)17/h4-6,16-17H,7H2,1-3H3. The number of nitrogens with one attached hydrogen (secondary N) is 1. The van der Waals surface area contributed by atoms with Crippen LogP contribution in [-0.4, -0.2) is 17.3 Å². The summed E-state index contributed by atoms with van der Waals surface area (Å²) in [6.07, 6.45) is -4.35. The van der Waals surface area contributed by atoms with Gasteiger partial charge in [-0.1, -0.05) is 6.07 Å². The van der Waals surface area contributed by atoms with Crippen LogP contribution < -0.4 is 5.32 Å². The molecule has 0 aliphatic carbocycles. The van der Waals surface area contributed by atoms with Gasteiger partial charge in [0.15, 0.2) is 0 Å². The SMILES string of the molecule is Cc1ccc(C(F)(F)F)cc1NCC(C)(C)O. The second-order valence-electron chi connectivity index (χ2n) is 4.69. The molecule has 0 aromatic heterocycles. The number of aliphatic hydroxyl groups is 1. The molecule has 0 amide bonds. The van der Waals surface area contributed by atoms with Crippen LogP contribution >= 0.6 is 0 Å². The maximum Gasteiger partial charge on any atom is 0.416 e. The number of alkyl halides is 3. The van der Waals surface area contributed by atoms with Gasteiger partial charge in [0.05, 0.1) is 11.2 Å². The van der Waals surface area contributed by atoms with E-state index in [0.717, 1.165) is 12.1 Å². The molecule has 0 heterocycles. The van der Waals surface area contributed by atoms with Crippen molar-refractivity contribution in [2.45, 2.75) is 32.5 Å². The normalized spacial score (nSPS) is 12.6. The molecule has 0 saturated heterocycles. The van der Waals surface area contributed by atoms with Crippen LogP contribution in [0.3, 0.4) is 0 Å². The Morgan fingerprint density at radius 1 is 1.24 bits per heavy atom. The first-order chi connectivity index (χ1) is 7.59. The minimum atomic E-state index is -4.35. The highest BCUT2D eigenvalue weighted by Crippen LogP contribution is 2.32. The van der Waals surface area contributed by atoms with Crippen LogP contribution in [0.15, 0.2) is 18.2 Å². The maximum absolute atomic E-state index is 12.5. The minimum absolute atomic E-state index is 0.190. The smallest absolute Gasteiger partial charge is 0.389 e. The number of hydrogen-bond acceptors (Lipinski definition) is 2. The summed E-state index contributed by atoms with van der Waals surface area (Å²) < 4.78 is 37.5. The van der Waals surface area contributed by atoms with Crippen LogP contribution in [0.1, 0.15) is 25.0 Å². The molecular weight excluding hydrogens is 231 g/mol. The molecular formula is C12H16F3NO. The Morgan fingerprint density at radius 3 is 2.29 bits per heavy atom. The van der Waals surface area contributed by atoms with Gasteiger partial charge in [-0.05, 0) is 38.5 Å². The largest absolute Gasteiger partial charge is 0.416 e. The average Bonchev–Trinajstić information content (AvgIpc) is 2.13. The first-order valence-corrected chi connectivity index (χ1v) is 5.24. The summed E-state index contributed by atoms with van der Waals surface area (Å²) in [5, 5.41) is 12.3. The second-order valence-corrected chi connectivity index (χ2v) is 4.69. The monoisotopic (exact) mass is 247 g/mol. The molecule has 0 saturated carbocycles. The lowest BCUT2D eigenvalue weighted by Gasteiger charge is -2.20. The van der Waals surface area contributed by atoms with Crippen molar-refractivity contribution >= 4 is 5.69 Å². The quantitative estimate of drug-likeness (QED) is 0.859. The molecule has 0 fully saturated rings. The van der Waals surface area contributed by atoms with Gasteiger partial charge in [0.1, 0.15) is 0 Å². The van der Waals surface area contributed by atoms with Crippen molar-refractivity contribution in [1.29, 1.82) is 0 Å². The van der Waals surface area contributed by atoms with Crippen molar-refractivity contribution < 1.29 is 18.3 Å². The predicted molar refractivity (Wildman–Crippen MR) is 61.0 cm³/mol. The first kappa shape index (κ1) is 13.8. The Morgan fingerprint density at radius 2 is 1.82 bits per heavy atom. The Bertz CT molecular complexity index is 394. The number of hydrogen-bond donors (Lipinski definition) is 2. The molecule has 1 rings (SSSR count). The molecule has 0 radical (unpaired) electrons. The fourth-order valence-corrected chi connectivity index (χ4v) is 1.30. The fourth-order valence-electron chi connectivity index (χ4n) is 1.30. The lowest BCUT2D eigenvalue weighted by atomic mass is 10.1. The second kappa shape index (κ2) is 4.56. The van der Waals surface area contributed by atoms with E-state index in [1.54, 1.807) is 20.8 Å². The molecule has 0 atom stereocenters. The van der Waals surface area contributed by atoms with Crippen molar-refractivity contribution in [2.75, 3.05) is 11.9 Å². The Kier molecular flexibility index (Phi) is 3.71. The molecule has 1 aromatic rings. The minimum Gasteiger partial charge on any atom is -0.389 e. The molecule has 1 aromatic carbocycles. The molecule has 0 unspecified atom stereocenters. The van der Waals surface area contributed by atoms with Crippen molar-refractivity contribution in [3.8, 4) is 0 Å². The van der Waals surface area contributed by atoms with Gasteiger partial charge < -0.3 is 10.4 Å². The van der Waals surface area contributed by atoms with Crippen LogP contribution in [0.5, 0.6) is 0 Å². The van der Waals surface area contributed by atoms with Crippen molar-refractivity contribution in [3.05, 3.63) is 29.3 Å². The van der Waals surface area contributed by atoms with Gasteiger partial charge in [0, 0.05) is 12.2 Å².